The molecule has 3 N–H and O–H groups in total. The normalized spacial score (nSPS) is 13.6. The minimum Gasteiger partial charge on any atom is -0.378 e. The fourth-order valence-corrected chi connectivity index (χ4v) is 3.40. The highest BCUT2D eigenvalue weighted by Crippen LogP contribution is 2.21. The van der Waals surface area contributed by atoms with Crippen LogP contribution in [-0.4, -0.2) is 53.3 Å². The minimum absolute atomic E-state index is 0.0162. The first-order valence-electron chi connectivity index (χ1n) is 9.98. The molecular formula is C21H19ClF2N6O3. The maximum atomic E-state index is 13.4. The van der Waals surface area contributed by atoms with Crippen LogP contribution in [0.15, 0.2) is 36.5 Å². The Kier molecular flexibility index (Phi) is 6.80. The zero-order valence-electron chi connectivity index (χ0n) is 17.2. The lowest BCUT2D eigenvalue weighted by Crippen LogP contribution is -2.36. The van der Waals surface area contributed by atoms with Crippen LogP contribution < -0.4 is 15.5 Å². The number of nitrogens with one attached hydrogen (secondary N) is 3. The predicted octanol–water partition coefficient (Wildman–Crippen LogP) is 2.76. The minimum atomic E-state index is -1.21. The van der Waals surface area contributed by atoms with E-state index in [1.807, 2.05) is 12.1 Å². The summed E-state index contributed by atoms with van der Waals surface area (Å²) in [6.45, 7) is 3.13. The largest absolute Gasteiger partial charge is 0.378 e. The molecule has 0 aliphatic carbocycles. The Bertz CT molecular complexity index is 1170. The second-order valence-corrected chi connectivity index (χ2v) is 7.58. The van der Waals surface area contributed by atoms with Gasteiger partial charge >= 0.3 is 0 Å². The number of H-pyrrole nitrogens is 1. The molecule has 12 heteroatoms. The summed E-state index contributed by atoms with van der Waals surface area (Å²) in [5.74, 6) is -2.76. The molecule has 0 unspecified atom stereocenters. The van der Waals surface area contributed by atoms with Gasteiger partial charge in [0.25, 0.3) is 11.8 Å². The molecule has 3 aromatic rings. The van der Waals surface area contributed by atoms with Gasteiger partial charge in [-0.3, -0.25) is 14.7 Å². The van der Waals surface area contributed by atoms with Crippen molar-refractivity contribution in [3.05, 3.63) is 70.0 Å². The van der Waals surface area contributed by atoms with Gasteiger partial charge in [0.05, 0.1) is 23.8 Å². The van der Waals surface area contributed by atoms with Gasteiger partial charge in [0.2, 0.25) is 0 Å². The van der Waals surface area contributed by atoms with Crippen molar-refractivity contribution in [3.8, 4) is 0 Å². The molecule has 1 aliphatic rings. The first-order chi connectivity index (χ1) is 15.9. The molecular weight excluding hydrogens is 458 g/mol. The maximum absolute atomic E-state index is 13.4. The average molecular weight is 477 g/mol. The van der Waals surface area contributed by atoms with Crippen molar-refractivity contribution in [2.24, 2.45) is 0 Å². The zero-order valence-corrected chi connectivity index (χ0v) is 18.0. The number of aromatic amines is 1. The lowest BCUT2D eigenvalue weighted by atomic mass is 10.2. The molecule has 0 saturated carbocycles. The number of morpholine rings is 1. The van der Waals surface area contributed by atoms with E-state index in [9.17, 15) is 18.4 Å². The predicted molar refractivity (Wildman–Crippen MR) is 116 cm³/mol. The number of hydrogen-bond donors (Lipinski definition) is 3. The molecule has 9 nitrogen and oxygen atoms in total. The Hall–Kier alpha value is -3.57. The first kappa shape index (κ1) is 22.6. The summed E-state index contributed by atoms with van der Waals surface area (Å²) in [5, 5.41) is 11.2. The molecule has 4 rings (SSSR count). The Morgan fingerprint density at radius 1 is 1.12 bits per heavy atom. The summed E-state index contributed by atoms with van der Waals surface area (Å²) in [6, 6.07) is 6.46. The van der Waals surface area contributed by atoms with E-state index in [-0.39, 0.29) is 28.6 Å². The van der Waals surface area contributed by atoms with Crippen LogP contribution in [0.3, 0.4) is 0 Å². The summed E-state index contributed by atoms with van der Waals surface area (Å²) in [7, 11) is 0. The lowest BCUT2D eigenvalue weighted by Gasteiger charge is -2.27. The molecule has 1 aliphatic heterocycles. The fourth-order valence-electron chi connectivity index (χ4n) is 3.16. The highest BCUT2D eigenvalue weighted by molar-refractivity contribution is 6.34. The third kappa shape index (κ3) is 5.44. The van der Waals surface area contributed by atoms with E-state index in [4.69, 9.17) is 16.3 Å². The quantitative estimate of drug-likeness (QED) is 0.472. The van der Waals surface area contributed by atoms with Crippen molar-refractivity contribution < 1.29 is 23.1 Å². The van der Waals surface area contributed by atoms with Gasteiger partial charge in [-0.05, 0) is 23.8 Å². The van der Waals surface area contributed by atoms with Gasteiger partial charge in [-0.2, -0.15) is 5.10 Å². The summed E-state index contributed by atoms with van der Waals surface area (Å²) in [5.41, 5.74) is 0.638. The number of aromatic nitrogens is 3. The molecule has 2 amide bonds. The van der Waals surface area contributed by atoms with Crippen molar-refractivity contribution in [1.29, 1.82) is 0 Å². The Morgan fingerprint density at radius 3 is 2.61 bits per heavy atom. The first-order valence-corrected chi connectivity index (χ1v) is 10.4. The van der Waals surface area contributed by atoms with Gasteiger partial charge in [-0.15, -0.1) is 0 Å². The fraction of sp³-hybridized carbons (Fsp3) is 0.238. The number of pyridine rings is 1. The van der Waals surface area contributed by atoms with Gasteiger partial charge in [0.15, 0.2) is 17.5 Å². The number of carbonyl (C=O) groups is 2. The van der Waals surface area contributed by atoms with Crippen LogP contribution in [0, 0.1) is 11.6 Å². The SMILES string of the molecule is O=C(NCc1ccc(N2CCOCC2)nc1)c1cc(NC(=O)c2cc(F)c(F)cc2Cl)n[nH]1. The van der Waals surface area contributed by atoms with Crippen LogP contribution in [0.2, 0.25) is 5.02 Å². The van der Waals surface area contributed by atoms with E-state index in [0.29, 0.717) is 25.3 Å². The number of halogens is 3. The number of carbonyl (C=O) groups excluding carboxylic acids is 2. The standard InChI is InChI=1S/C21H19ClF2N6O3/c22-14-8-16(24)15(23)7-13(14)20(31)27-18-9-17(28-29-18)21(32)26-11-12-1-2-19(25-10-12)30-3-5-33-6-4-30/h1-2,7-10H,3-6,11H2,(H,26,32)(H2,27,28,29,31). The molecule has 0 spiro atoms. The molecule has 33 heavy (non-hydrogen) atoms. The molecule has 2 aromatic heterocycles. The van der Waals surface area contributed by atoms with Gasteiger partial charge < -0.3 is 20.3 Å². The number of nitrogens with zero attached hydrogens (tertiary/aromatic N) is 3. The van der Waals surface area contributed by atoms with E-state index in [1.54, 1.807) is 6.20 Å². The smallest absolute Gasteiger partial charge is 0.269 e. The second kappa shape index (κ2) is 9.92. The van der Waals surface area contributed by atoms with Crippen LogP contribution in [-0.2, 0) is 11.3 Å². The van der Waals surface area contributed by atoms with E-state index >= 15 is 0 Å². The number of hydrogen-bond acceptors (Lipinski definition) is 6. The highest BCUT2D eigenvalue weighted by atomic mass is 35.5. The van der Waals surface area contributed by atoms with E-state index in [1.165, 1.54) is 6.07 Å². The molecule has 0 radical (unpaired) electrons. The third-order valence-electron chi connectivity index (χ3n) is 4.92. The van der Waals surface area contributed by atoms with Crippen molar-refractivity contribution in [3.63, 3.8) is 0 Å². The van der Waals surface area contributed by atoms with Crippen LogP contribution in [0.5, 0.6) is 0 Å². The topological polar surface area (TPSA) is 112 Å². The summed E-state index contributed by atoms with van der Waals surface area (Å²) in [6.07, 6.45) is 1.69. The van der Waals surface area contributed by atoms with Crippen LogP contribution in [0.1, 0.15) is 26.4 Å². The molecule has 1 fully saturated rings. The van der Waals surface area contributed by atoms with Crippen molar-refractivity contribution >= 4 is 35.1 Å². The van der Waals surface area contributed by atoms with Crippen molar-refractivity contribution in [2.45, 2.75) is 6.54 Å². The monoisotopic (exact) mass is 476 g/mol. The van der Waals surface area contributed by atoms with E-state index < -0.39 is 23.4 Å². The Labute approximate surface area is 192 Å². The molecule has 172 valence electrons. The lowest BCUT2D eigenvalue weighted by molar-refractivity contribution is 0.0945. The van der Waals surface area contributed by atoms with Crippen molar-refractivity contribution in [2.75, 3.05) is 36.5 Å². The molecule has 0 atom stereocenters. The van der Waals surface area contributed by atoms with Gasteiger partial charge in [0, 0.05) is 31.9 Å². The number of ether oxygens (including phenoxy) is 1. The second-order valence-electron chi connectivity index (χ2n) is 7.17. The van der Waals surface area contributed by atoms with Gasteiger partial charge in [0.1, 0.15) is 11.5 Å². The van der Waals surface area contributed by atoms with Crippen LogP contribution in [0.4, 0.5) is 20.4 Å². The van der Waals surface area contributed by atoms with E-state index in [2.05, 4.69) is 30.7 Å². The number of benzene rings is 1. The number of amides is 2. The Morgan fingerprint density at radius 2 is 1.88 bits per heavy atom. The molecule has 3 heterocycles. The van der Waals surface area contributed by atoms with Gasteiger partial charge in [-0.25, -0.2) is 13.8 Å². The summed E-state index contributed by atoms with van der Waals surface area (Å²) >= 11 is 5.80. The van der Waals surface area contributed by atoms with E-state index in [0.717, 1.165) is 24.5 Å². The Balaban J connectivity index is 1.32. The summed E-state index contributed by atoms with van der Waals surface area (Å²) in [4.78, 5) is 31.2. The molecule has 0 bridgehead atoms. The zero-order chi connectivity index (χ0) is 23.4. The molecule has 1 aromatic carbocycles. The highest BCUT2D eigenvalue weighted by Gasteiger charge is 2.18. The van der Waals surface area contributed by atoms with Crippen LogP contribution >= 0.6 is 11.6 Å². The van der Waals surface area contributed by atoms with Crippen LogP contribution in [0.25, 0.3) is 0 Å². The molecule has 1 saturated heterocycles. The summed E-state index contributed by atoms with van der Waals surface area (Å²) < 4.78 is 31.9. The van der Waals surface area contributed by atoms with Crippen molar-refractivity contribution in [1.82, 2.24) is 20.5 Å². The maximum Gasteiger partial charge on any atom is 0.269 e. The van der Waals surface area contributed by atoms with Gasteiger partial charge in [-0.1, -0.05) is 17.7 Å². The average Bonchev–Trinajstić information content (AvgIpc) is 3.29. The third-order valence-corrected chi connectivity index (χ3v) is 5.23. The number of anilines is 2. The number of rotatable bonds is 6.